The Morgan fingerprint density at radius 2 is 1.00 bits per heavy atom. The van der Waals surface area contributed by atoms with E-state index in [-0.39, 0.29) is 0 Å². The Morgan fingerprint density at radius 3 is 1.25 bits per heavy atom. The molecule has 2 rings (SSSR count). The zero-order valence-corrected chi connectivity index (χ0v) is 14.8. The molecule has 2 N–H and O–H groups in total. The summed E-state index contributed by atoms with van der Waals surface area (Å²) in [6, 6.07) is 18.4. The van der Waals surface area contributed by atoms with Crippen molar-refractivity contribution in [1.82, 2.24) is 10.9 Å². The van der Waals surface area contributed by atoms with Gasteiger partial charge in [0.15, 0.2) is 0 Å². The van der Waals surface area contributed by atoms with Crippen molar-refractivity contribution in [3.63, 3.8) is 0 Å². The van der Waals surface area contributed by atoms with Gasteiger partial charge in [-0.15, -0.1) is 0 Å². The molecule has 0 bridgehead atoms. The largest absolute Gasteiger partial charge is 0.232 e. The first kappa shape index (κ1) is 18.3. The Hall–Kier alpha value is -2.08. The van der Waals surface area contributed by atoms with Crippen molar-refractivity contribution in [2.24, 2.45) is 0 Å². The molecule has 6 heteroatoms. The molecule has 0 radical (unpaired) electrons. The lowest BCUT2D eigenvalue weighted by molar-refractivity contribution is 0.306. The molecule has 2 aromatic carbocycles. The molecule has 0 aliphatic heterocycles. The van der Waals surface area contributed by atoms with Crippen molar-refractivity contribution in [3.8, 4) is 12.1 Å². The fourth-order valence-corrected chi connectivity index (χ4v) is 2.40. The van der Waals surface area contributed by atoms with Crippen molar-refractivity contribution in [2.45, 2.75) is 24.9 Å². The highest BCUT2D eigenvalue weighted by atomic mass is 35.5. The Morgan fingerprint density at radius 1 is 0.708 bits per heavy atom. The van der Waals surface area contributed by atoms with Crippen molar-refractivity contribution < 1.29 is 0 Å². The second-order valence-electron chi connectivity index (χ2n) is 5.74. The molecular weight excluding hydrogens is 343 g/mol. The van der Waals surface area contributed by atoms with Gasteiger partial charge in [-0.1, -0.05) is 47.5 Å². The van der Waals surface area contributed by atoms with Crippen molar-refractivity contribution in [3.05, 3.63) is 69.7 Å². The van der Waals surface area contributed by atoms with Crippen LogP contribution in [0, 0.1) is 22.7 Å². The molecule has 0 aliphatic rings. The van der Waals surface area contributed by atoms with Gasteiger partial charge in [0.25, 0.3) is 0 Å². The first-order chi connectivity index (χ1) is 11.3. The molecule has 122 valence electrons. The number of hydrogen-bond donors (Lipinski definition) is 2. The quantitative estimate of drug-likeness (QED) is 0.783. The van der Waals surface area contributed by atoms with E-state index >= 15 is 0 Å². The summed E-state index contributed by atoms with van der Waals surface area (Å²) in [5, 5.41) is 20.4. The fraction of sp³-hybridized carbons (Fsp3) is 0.222. The predicted octanol–water partition coefficient (Wildman–Crippen LogP) is 4.27. The third-order valence-electron chi connectivity index (χ3n) is 3.85. The molecule has 0 aliphatic carbocycles. The van der Waals surface area contributed by atoms with Crippen LogP contribution in [0.3, 0.4) is 0 Å². The van der Waals surface area contributed by atoms with Crippen LogP contribution >= 0.6 is 23.2 Å². The standard InChI is InChI=1S/C18H16Cl2N4/c1-17(11-21,13-3-7-15(19)8-4-13)23-24-18(2,12-22)14-5-9-16(20)10-6-14/h3-10,23-24H,1-2H3/t17-,18-/m0/s1. The Balaban J connectivity index is 2.25. The van der Waals surface area contributed by atoms with Gasteiger partial charge < -0.3 is 0 Å². The smallest absolute Gasteiger partial charge is 0.141 e. The number of halogens is 2. The van der Waals surface area contributed by atoms with Gasteiger partial charge in [-0.25, -0.2) is 10.9 Å². The monoisotopic (exact) mass is 358 g/mol. The van der Waals surface area contributed by atoms with Crippen LogP contribution in [-0.4, -0.2) is 0 Å². The predicted molar refractivity (Wildman–Crippen MR) is 95.1 cm³/mol. The summed E-state index contributed by atoms with van der Waals surface area (Å²) in [5.74, 6) is 0. The van der Waals surface area contributed by atoms with Crippen molar-refractivity contribution >= 4 is 23.2 Å². The maximum atomic E-state index is 9.60. The van der Waals surface area contributed by atoms with Crippen LogP contribution < -0.4 is 10.9 Å². The van der Waals surface area contributed by atoms with Gasteiger partial charge in [-0.05, 0) is 49.2 Å². The lowest BCUT2D eigenvalue weighted by atomic mass is 9.92. The molecule has 2 atom stereocenters. The Bertz CT molecular complexity index is 720. The number of nitrogens with zero attached hydrogens (tertiary/aromatic N) is 2. The zero-order chi connectivity index (χ0) is 17.8. The average Bonchev–Trinajstić information content (AvgIpc) is 2.60. The summed E-state index contributed by atoms with van der Waals surface area (Å²) in [4.78, 5) is 0. The summed E-state index contributed by atoms with van der Waals surface area (Å²) >= 11 is 11.8. The summed E-state index contributed by atoms with van der Waals surface area (Å²) in [5.41, 5.74) is 5.36. The number of nitrogens with one attached hydrogen (secondary N) is 2. The maximum absolute atomic E-state index is 9.60. The zero-order valence-electron chi connectivity index (χ0n) is 13.3. The van der Waals surface area contributed by atoms with Gasteiger partial charge in [0, 0.05) is 10.0 Å². The van der Waals surface area contributed by atoms with Crippen LogP contribution in [0.5, 0.6) is 0 Å². The van der Waals surface area contributed by atoms with Crippen LogP contribution in [0.25, 0.3) is 0 Å². The minimum Gasteiger partial charge on any atom is -0.232 e. The van der Waals surface area contributed by atoms with Gasteiger partial charge in [0.1, 0.15) is 11.1 Å². The maximum Gasteiger partial charge on any atom is 0.141 e. The number of hydrogen-bond acceptors (Lipinski definition) is 4. The van der Waals surface area contributed by atoms with E-state index in [1.807, 2.05) is 0 Å². The molecule has 0 aromatic heterocycles. The topological polar surface area (TPSA) is 71.6 Å². The third kappa shape index (κ3) is 3.87. The fourth-order valence-electron chi connectivity index (χ4n) is 2.15. The van der Waals surface area contributed by atoms with Gasteiger partial charge >= 0.3 is 0 Å². The number of nitriles is 2. The highest BCUT2D eigenvalue weighted by Gasteiger charge is 2.32. The van der Waals surface area contributed by atoms with Crippen LogP contribution in [0.2, 0.25) is 10.0 Å². The lowest BCUT2D eigenvalue weighted by Gasteiger charge is -2.31. The molecule has 0 amide bonds. The summed E-state index contributed by atoms with van der Waals surface area (Å²) in [6.07, 6.45) is 0. The van der Waals surface area contributed by atoms with E-state index in [9.17, 15) is 10.5 Å². The number of benzene rings is 2. The molecule has 0 heterocycles. The van der Waals surface area contributed by atoms with Crippen molar-refractivity contribution in [1.29, 1.82) is 10.5 Å². The van der Waals surface area contributed by atoms with E-state index in [0.717, 1.165) is 11.1 Å². The average molecular weight is 359 g/mol. The van der Waals surface area contributed by atoms with Crippen LogP contribution in [-0.2, 0) is 11.1 Å². The van der Waals surface area contributed by atoms with E-state index in [2.05, 4.69) is 23.0 Å². The highest BCUT2D eigenvalue weighted by Crippen LogP contribution is 2.25. The third-order valence-corrected chi connectivity index (χ3v) is 4.36. The molecule has 0 unspecified atom stereocenters. The first-order valence-electron chi connectivity index (χ1n) is 7.22. The molecule has 0 spiro atoms. The molecule has 0 saturated heterocycles. The van der Waals surface area contributed by atoms with E-state index < -0.39 is 11.1 Å². The second kappa shape index (κ2) is 7.21. The normalized spacial score (nSPS) is 15.6. The molecule has 0 saturated carbocycles. The number of rotatable bonds is 5. The molecule has 4 nitrogen and oxygen atoms in total. The van der Waals surface area contributed by atoms with Crippen LogP contribution in [0.15, 0.2) is 48.5 Å². The highest BCUT2D eigenvalue weighted by molar-refractivity contribution is 6.30. The van der Waals surface area contributed by atoms with Gasteiger partial charge in [0.05, 0.1) is 12.1 Å². The lowest BCUT2D eigenvalue weighted by Crippen LogP contribution is -2.55. The van der Waals surface area contributed by atoms with Gasteiger partial charge in [0.2, 0.25) is 0 Å². The van der Waals surface area contributed by atoms with Crippen LogP contribution in [0.1, 0.15) is 25.0 Å². The van der Waals surface area contributed by atoms with E-state index in [1.54, 1.807) is 62.4 Å². The van der Waals surface area contributed by atoms with E-state index in [0.29, 0.717) is 10.0 Å². The van der Waals surface area contributed by atoms with E-state index in [1.165, 1.54) is 0 Å². The number of hydrazine groups is 1. The van der Waals surface area contributed by atoms with Gasteiger partial charge in [-0.2, -0.15) is 10.5 Å². The van der Waals surface area contributed by atoms with Gasteiger partial charge in [-0.3, -0.25) is 0 Å². The Labute approximate surface area is 151 Å². The Kier molecular flexibility index (Phi) is 5.49. The minimum atomic E-state index is -1.03. The first-order valence-corrected chi connectivity index (χ1v) is 7.97. The second-order valence-corrected chi connectivity index (χ2v) is 6.61. The van der Waals surface area contributed by atoms with Crippen molar-refractivity contribution in [2.75, 3.05) is 0 Å². The molecular formula is C18H16Cl2N4. The summed E-state index contributed by atoms with van der Waals surface area (Å²) in [7, 11) is 0. The summed E-state index contributed by atoms with van der Waals surface area (Å²) < 4.78 is 0. The molecule has 0 fully saturated rings. The van der Waals surface area contributed by atoms with Crippen LogP contribution in [0.4, 0.5) is 0 Å². The summed E-state index contributed by atoms with van der Waals surface area (Å²) in [6.45, 7) is 3.45. The molecule has 2 aromatic rings. The SMILES string of the molecule is C[C@@](C#N)(NN[C@@](C)(C#N)c1ccc(Cl)cc1)c1ccc(Cl)cc1. The molecule has 24 heavy (non-hydrogen) atoms. The minimum absolute atomic E-state index is 0.593. The van der Waals surface area contributed by atoms with E-state index in [4.69, 9.17) is 23.2 Å².